The highest BCUT2D eigenvalue weighted by atomic mass is 15.2. The van der Waals surface area contributed by atoms with Gasteiger partial charge in [0.1, 0.15) is 5.82 Å². The van der Waals surface area contributed by atoms with Crippen LogP contribution in [0.1, 0.15) is 19.3 Å². The molecule has 4 rings (SSSR count). The van der Waals surface area contributed by atoms with Crippen LogP contribution in [0.3, 0.4) is 0 Å². The van der Waals surface area contributed by atoms with Crippen molar-refractivity contribution in [3.05, 3.63) is 54.9 Å². The van der Waals surface area contributed by atoms with Crippen molar-refractivity contribution in [1.82, 2.24) is 9.97 Å². The molecule has 1 aromatic carbocycles. The third-order valence-corrected chi connectivity index (χ3v) is 4.37. The van der Waals surface area contributed by atoms with E-state index in [1.807, 2.05) is 24.5 Å². The lowest BCUT2D eigenvalue weighted by Crippen LogP contribution is -2.30. The Morgan fingerprint density at radius 2 is 1.59 bits per heavy atom. The van der Waals surface area contributed by atoms with E-state index in [0.717, 1.165) is 24.4 Å². The first-order valence-electron chi connectivity index (χ1n) is 7.96. The summed E-state index contributed by atoms with van der Waals surface area (Å²) in [7, 11) is 0. The molecule has 0 spiro atoms. The van der Waals surface area contributed by atoms with E-state index in [0.29, 0.717) is 0 Å². The molecule has 3 aromatic rings. The summed E-state index contributed by atoms with van der Waals surface area (Å²) in [6.45, 7) is 2.27. The molecule has 3 nitrogen and oxygen atoms in total. The number of hydrogen-bond acceptors (Lipinski definition) is 3. The summed E-state index contributed by atoms with van der Waals surface area (Å²) in [6, 6.07) is 14.9. The topological polar surface area (TPSA) is 29.0 Å². The highest BCUT2D eigenvalue weighted by Gasteiger charge is 2.12. The molecule has 0 atom stereocenters. The van der Waals surface area contributed by atoms with Crippen LogP contribution in [0.2, 0.25) is 0 Å². The molecule has 0 saturated carbocycles. The molecule has 3 heterocycles. The highest BCUT2D eigenvalue weighted by Crippen LogP contribution is 2.26. The van der Waals surface area contributed by atoms with E-state index in [9.17, 15) is 0 Å². The average Bonchev–Trinajstić information content (AvgIpc) is 2.62. The molecule has 0 bridgehead atoms. The van der Waals surface area contributed by atoms with Gasteiger partial charge in [-0.3, -0.25) is 4.98 Å². The maximum absolute atomic E-state index is 4.85. The van der Waals surface area contributed by atoms with Gasteiger partial charge in [0.15, 0.2) is 0 Å². The number of benzene rings is 1. The largest absolute Gasteiger partial charge is 0.357 e. The molecule has 1 aliphatic heterocycles. The third kappa shape index (κ3) is 2.54. The van der Waals surface area contributed by atoms with Crippen LogP contribution >= 0.6 is 0 Å². The van der Waals surface area contributed by atoms with E-state index in [1.165, 1.54) is 35.8 Å². The summed E-state index contributed by atoms with van der Waals surface area (Å²) in [5.41, 5.74) is 3.47. The fraction of sp³-hybridized carbons (Fsp3) is 0.263. The molecular formula is C19H19N3. The van der Waals surface area contributed by atoms with Crippen molar-refractivity contribution in [3.8, 4) is 11.1 Å². The van der Waals surface area contributed by atoms with Gasteiger partial charge in [-0.1, -0.05) is 6.07 Å². The molecule has 3 heteroatoms. The number of fused-ring (bicyclic) bond motifs is 1. The zero-order chi connectivity index (χ0) is 14.8. The van der Waals surface area contributed by atoms with E-state index in [1.54, 1.807) is 0 Å². The molecule has 0 N–H and O–H groups in total. The molecular weight excluding hydrogens is 270 g/mol. The van der Waals surface area contributed by atoms with E-state index in [2.05, 4.69) is 40.2 Å². The van der Waals surface area contributed by atoms with Gasteiger partial charge in [-0.15, -0.1) is 0 Å². The van der Waals surface area contributed by atoms with Crippen LogP contribution in [0.5, 0.6) is 0 Å². The van der Waals surface area contributed by atoms with Crippen molar-refractivity contribution >= 4 is 16.7 Å². The van der Waals surface area contributed by atoms with Gasteiger partial charge in [-0.2, -0.15) is 0 Å². The van der Waals surface area contributed by atoms with Gasteiger partial charge in [0.05, 0.1) is 5.52 Å². The Morgan fingerprint density at radius 1 is 0.773 bits per heavy atom. The second-order valence-electron chi connectivity index (χ2n) is 5.86. The number of anilines is 1. The van der Waals surface area contributed by atoms with Crippen LogP contribution in [0, 0.1) is 0 Å². The molecule has 0 radical (unpaired) electrons. The van der Waals surface area contributed by atoms with Crippen LogP contribution in [-0.2, 0) is 0 Å². The lowest BCUT2D eigenvalue weighted by molar-refractivity contribution is 0.574. The molecule has 1 aliphatic rings. The molecule has 22 heavy (non-hydrogen) atoms. The number of rotatable bonds is 2. The fourth-order valence-electron chi connectivity index (χ4n) is 3.14. The van der Waals surface area contributed by atoms with Gasteiger partial charge < -0.3 is 4.90 Å². The van der Waals surface area contributed by atoms with Crippen molar-refractivity contribution in [3.63, 3.8) is 0 Å². The van der Waals surface area contributed by atoms with Gasteiger partial charge in [0, 0.05) is 30.9 Å². The van der Waals surface area contributed by atoms with Crippen LogP contribution < -0.4 is 4.90 Å². The molecule has 2 aromatic heterocycles. The van der Waals surface area contributed by atoms with E-state index in [-0.39, 0.29) is 0 Å². The van der Waals surface area contributed by atoms with E-state index >= 15 is 0 Å². The van der Waals surface area contributed by atoms with Gasteiger partial charge in [0.25, 0.3) is 0 Å². The SMILES string of the molecule is c1cc(-c2ccc3nc(N4CCCCC4)ccc3c2)ccn1. The minimum atomic E-state index is 1.07. The van der Waals surface area contributed by atoms with Crippen LogP contribution in [0.25, 0.3) is 22.0 Å². The molecule has 0 unspecified atom stereocenters. The highest BCUT2D eigenvalue weighted by molar-refractivity contribution is 5.85. The van der Waals surface area contributed by atoms with Crippen molar-refractivity contribution in [2.75, 3.05) is 18.0 Å². The molecule has 0 amide bonds. The monoisotopic (exact) mass is 289 g/mol. The Kier molecular flexibility index (Phi) is 3.47. The number of nitrogens with zero attached hydrogens (tertiary/aromatic N) is 3. The number of aromatic nitrogens is 2. The number of hydrogen-bond donors (Lipinski definition) is 0. The van der Waals surface area contributed by atoms with Crippen molar-refractivity contribution in [2.45, 2.75) is 19.3 Å². The molecule has 0 aliphatic carbocycles. The predicted octanol–water partition coefficient (Wildman–Crippen LogP) is 4.29. The molecule has 110 valence electrons. The Hall–Kier alpha value is -2.42. The van der Waals surface area contributed by atoms with E-state index in [4.69, 9.17) is 4.98 Å². The van der Waals surface area contributed by atoms with Crippen molar-refractivity contribution in [2.24, 2.45) is 0 Å². The molecule has 1 fully saturated rings. The van der Waals surface area contributed by atoms with Crippen LogP contribution in [0.4, 0.5) is 5.82 Å². The first-order chi connectivity index (χ1) is 10.9. The minimum Gasteiger partial charge on any atom is -0.357 e. The van der Waals surface area contributed by atoms with Gasteiger partial charge in [-0.05, 0) is 66.8 Å². The van der Waals surface area contributed by atoms with Crippen molar-refractivity contribution in [1.29, 1.82) is 0 Å². The summed E-state index contributed by atoms with van der Waals surface area (Å²) >= 11 is 0. The normalized spacial score (nSPS) is 15.2. The zero-order valence-corrected chi connectivity index (χ0v) is 12.6. The number of piperidine rings is 1. The van der Waals surface area contributed by atoms with Gasteiger partial charge in [0.2, 0.25) is 0 Å². The van der Waals surface area contributed by atoms with Crippen LogP contribution in [-0.4, -0.2) is 23.1 Å². The Bertz CT molecular complexity index is 777. The van der Waals surface area contributed by atoms with Crippen LogP contribution in [0.15, 0.2) is 54.9 Å². The summed E-state index contributed by atoms with van der Waals surface area (Å²) in [4.78, 5) is 11.3. The molecule has 1 saturated heterocycles. The predicted molar refractivity (Wildman–Crippen MR) is 91.0 cm³/mol. The van der Waals surface area contributed by atoms with E-state index < -0.39 is 0 Å². The fourth-order valence-corrected chi connectivity index (χ4v) is 3.14. The second kappa shape index (κ2) is 5.76. The zero-order valence-electron chi connectivity index (χ0n) is 12.6. The third-order valence-electron chi connectivity index (χ3n) is 4.37. The Labute approximate surface area is 130 Å². The first kappa shape index (κ1) is 13.3. The number of pyridine rings is 2. The Balaban J connectivity index is 1.70. The standard InChI is InChI=1S/C19H19N3/c1-2-12-22(13-3-1)19-7-5-17-14-16(4-6-18(17)21-19)15-8-10-20-11-9-15/h4-11,14H,1-3,12-13H2. The van der Waals surface area contributed by atoms with Gasteiger partial charge in [-0.25, -0.2) is 4.98 Å². The summed E-state index contributed by atoms with van der Waals surface area (Å²) in [5, 5.41) is 1.19. The van der Waals surface area contributed by atoms with Crippen molar-refractivity contribution < 1.29 is 0 Å². The summed E-state index contributed by atoms with van der Waals surface area (Å²) < 4.78 is 0. The maximum Gasteiger partial charge on any atom is 0.129 e. The van der Waals surface area contributed by atoms with Gasteiger partial charge >= 0.3 is 0 Å². The average molecular weight is 289 g/mol. The second-order valence-corrected chi connectivity index (χ2v) is 5.86. The summed E-state index contributed by atoms with van der Waals surface area (Å²) in [6.07, 6.45) is 7.56. The lowest BCUT2D eigenvalue weighted by Gasteiger charge is -2.27. The summed E-state index contributed by atoms with van der Waals surface area (Å²) in [5.74, 6) is 1.11. The first-order valence-corrected chi connectivity index (χ1v) is 7.96. The maximum atomic E-state index is 4.85. The quantitative estimate of drug-likeness (QED) is 0.705. The lowest BCUT2D eigenvalue weighted by atomic mass is 10.0. The smallest absolute Gasteiger partial charge is 0.129 e. The minimum absolute atomic E-state index is 1.07. The Morgan fingerprint density at radius 3 is 2.41 bits per heavy atom.